The number of amides is 1. The highest BCUT2D eigenvalue weighted by Gasteiger charge is 2.32. The molecule has 0 spiro atoms. The average molecular weight is 324 g/mol. The van der Waals surface area contributed by atoms with E-state index in [1.165, 1.54) is 24.8 Å². The van der Waals surface area contributed by atoms with Crippen LogP contribution in [-0.2, 0) is 0 Å². The lowest BCUT2D eigenvalue weighted by Gasteiger charge is -2.36. The molecule has 1 N–H and O–H groups in total. The van der Waals surface area contributed by atoms with Crippen molar-refractivity contribution in [3.05, 3.63) is 34.9 Å². The number of hydrogen-bond donors (Lipinski definition) is 1. The van der Waals surface area contributed by atoms with Gasteiger partial charge in [-0.05, 0) is 43.9 Å². The Morgan fingerprint density at radius 1 is 1.26 bits per heavy atom. The molecule has 2 nitrogen and oxygen atoms in total. The van der Waals surface area contributed by atoms with Crippen LogP contribution >= 0.6 is 15.9 Å². The number of aryl methyl sites for hydroxylation is 1. The molecule has 0 heterocycles. The summed E-state index contributed by atoms with van der Waals surface area (Å²) in [6.45, 7) is 4.07. The van der Waals surface area contributed by atoms with Crippen molar-refractivity contribution in [3.8, 4) is 0 Å². The minimum Gasteiger partial charge on any atom is -0.346 e. The van der Waals surface area contributed by atoms with Gasteiger partial charge in [0.25, 0.3) is 5.91 Å². The molecule has 0 unspecified atom stereocenters. The first-order valence-electron chi connectivity index (χ1n) is 7.03. The normalized spacial score (nSPS) is 18.1. The zero-order valence-electron chi connectivity index (χ0n) is 11.8. The maximum Gasteiger partial charge on any atom is 0.252 e. The third-order valence-corrected chi connectivity index (χ3v) is 5.37. The fourth-order valence-electron chi connectivity index (χ4n) is 2.83. The maximum absolute atomic E-state index is 12.5. The molecule has 104 valence electrons. The van der Waals surface area contributed by atoms with E-state index >= 15 is 0 Å². The number of alkyl halides is 1. The summed E-state index contributed by atoms with van der Waals surface area (Å²) in [5, 5.41) is 4.12. The van der Waals surface area contributed by atoms with Crippen molar-refractivity contribution in [1.82, 2.24) is 5.32 Å². The van der Waals surface area contributed by atoms with Crippen LogP contribution in [0.25, 0.3) is 0 Å². The van der Waals surface area contributed by atoms with Crippen molar-refractivity contribution < 1.29 is 4.79 Å². The van der Waals surface area contributed by atoms with Gasteiger partial charge in [-0.3, -0.25) is 4.79 Å². The molecule has 0 aromatic heterocycles. The number of nitrogens with one attached hydrogen (secondary N) is 1. The van der Waals surface area contributed by atoms with Crippen LogP contribution in [-0.4, -0.2) is 16.8 Å². The molecule has 0 radical (unpaired) electrons. The molecule has 1 aromatic carbocycles. The lowest BCUT2D eigenvalue weighted by Crippen LogP contribution is -2.51. The number of halogens is 1. The van der Waals surface area contributed by atoms with Crippen molar-refractivity contribution in [2.24, 2.45) is 0 Å². The van der Waals surface area contributed by atoms with E-state index in [4.69, 9.17) is 0 Å². The van der Waals surface area contributed by atoms with Crippen LogP contribution in [0.2, 0.25) is 0 Å². The monoisotopic (exact) mass is 323 g/mol. The fourth-order valence-corrected chi connectivity index (χ4v) is 3.53. The first-order chi connectivity index (χ1) is 9.08. The van der Waals surface area contributed by atoms with E-state index in [-0.39, 0.29) is 11.4 Å². The average Bonchev–Trinajstić information content (AvgIpc) is 2.42. The van der Waals surface area contributed by atoms with Gasteiger partial charge in [-0.15, -0.1) is 0 Å². The van der Waals surface area contributed by atoms with Crippen LogP contribution in [0.4, 0.5) is 0 Å². The van der Waals surface area contributed by atoms with E-state index in [0.29, 0.717) is 0 Å². The predicted octanol–water partition coefficient (Wildman–Crippen LogP) is 4.13. The number of carbonyl (C=O) groups is 1. The molecular formula is C16H22BrNO. The molecular weight excluding hydrogens is 302 g/mol. The number of benzene rings is 1. The Labute approximate surface area is 124 Å². The summed E-state index contributed by atoms with van der Waals surface area (Å²) >= 11 is 3.59. The van der Waals surface area contributed by atoms with Gasteiger partial charge >= 0.3 is 0 Å². The molecule has 2 rings (SSSR count). The van der Waals surface area contributed by atoms with Gasteiger partial charge in [-0.2, -0.15) is 0 Å². The summed E-state index contributed by atoms with van der Waals surface area (Å²) in [4.78, 5) is 12.5. The summed E-state index contributed by atoms with van der Waals surface area (Å²) in [6.07, 6.45) is 5.86. The van der Waals surface area contributed by atoms with E-state index in [1.807, 2.05) is 32.0 Å². The van der Waals surface area contributed by atoms with Crippen molar-refractivity contribution in [3.63, 3.8) is 0 Å². The second-order valence-corrected chi connectivity index (χ2v) is 6.24. The highest BCUT2D eigenvalue weighted by molar-refractivity contribution is 9.09. The van der Waals surface area contributed by atoms with Crippen LogP contribution in [0.15, 0.2) is 18.2 Å². The van der Waals surface area contributed by atoms with Crippen molar-refractivity contribution in [2.45, 2.75) is 51.5 Å². The molecule has 0 atom stereocenters. The van der Waals surface area contributed by atoms with Gasteiger partial charge in [0.1, 0.15) is 0 Å². The highest BCUT2D eigenvalue weighted by Crippen LogP contribution is 2.30. The predicted molar refractivity (Wildman–Crippen MR) is 83.0 cm³/mol. The number of hydrogen-bond acceptors (Lipinski definition) is 1. The maximum atomic E-state index is 12.5. The SMILES string of the molecule is Cc1cccc(C(=O)NC2(CBr)CCCCC2)c1C. The summed E-state index contributed by atoms with van der Waals surface area (Å²) < 4.78 is 0. The van der Waals surface area contributed by atoms with E-state index in [0.717, 1.165) is 29.3 Å². The number of rotatable bonds is 3. The zero-order valence-corrected chi connectivity index (χ0v) is 13.3. The molecule has 1 saturated carbocycles. The number of carbonyl (C=O) groups excluding carboxylic acids is 1. The van der Waals surface area contributed by atoms with Crippen molar-refractivity contribution in [1.29, 1.82) is 0 Å². The Kier molecular flexibility index (Phi) is 4.67. The minimum absolute atomic E-state index is 0.0501. The lowest BCUT2D eigenvalue weighted by molar-refractivity contribution is 0.0885. The lowest BCUT2D eigenvalue weighted by atomic mass is 9.83. The first kappa shape index (κ1) is 14.6. The minimum atomic E-state index is -0.0501. The largest absolute Gasteiger partial charge is 0.346 e. The Balaban J connectivity index is 2.17. The molecule has 0 aliphatic heterocycles. The van der Waals surface area contributed by atoms with Gasteiger partial charge in [-0.1, -0.05) is 47.3 Å². The highest BCUT2D eigenvalue weighted by atomic mass is 79.9. The fraction of sp³-hybridized carbons (Fsp3) is 0.562. The zero-order chi connectivity index (χ0) is 13.9. The van der Waals surface area contributed by atoms with Gasteiger partial charge in [0, 0.05) is 10.9 Å². The Hall–Kier alpha value is -0.830. The molecule has 0 bridgehead atoms. The Morgan fingerprint density at radius 3 is 2.58 bits per heavy atom. The van der Waals surface area contributed by atoms with Crippen LogP contribution in [0.3, 0.4) is 0 Å². The molecule has 1 amide bonds. The summed E-state index contributed by atoms with van der Waals surface area (Å²) in [6, 6.07) is 5.92. The molecule has 19 heavy (non-hydrogen) atoms. The Bertz CT molecular complexity index is 464. The van der Waals surface area contributed by atoms with Crippen LogP contribution in [0.5, 0.6) is 0 Å². The molecule has 0 saturated heterocycles. The van der Waals surface area contributed by atoms with Crippen LogP contribution < -0.4 is 5.32 Å². The first-order valence-corrected chi connectivity index (χ1v) is 8.15. The summed E-state index contributed by atoms with van der Waals surface area (Å²) in [5.41, 5.74) is 3.02. The van der Waals surface area contributed by atoms with Gasteiger partial charge < -0.3 is 5.32 Å². The van der Waals surface area contributed by atoms with Gasteiger partial charge in [-0.25, -0.2) is 0 Å². The summed E-state index contributed by atoms with van der Waals surface area (Å²) in [7, 11) is 0. The topological polar surface area (TPSA) is 29.1 Å². The van der Waals surface area contributed by atoms with E-state index < -0.39 is 0 Å². The van der Waals surface area contributed by atoms with Crippen molar-refractivity contribution >= 4 is 21.8 Å². The van der Waals surface area contributed by atoms with E-state index in [9.17, 15) is 4.79 Å². The third-order valence-electron chi connectivity index (χ3n) is 4.29. The quantitative estimate of drug-likeness (QED) is 0.832. The molecule has 1 fully saturated rings. The van der Waals surface area contributed by atoms with Crippen molar-refractivity contribution in [2.75, 3.05) is 5.33 Å². The van der Waals surface area contributed by atoms with E-state index in [2.05, 4.69) is 21.2 Å². The smallest absolute Gasteiger partial charge is 0.252 e. The second-order valence-electron chi connectivity index (χ2n) is 5.68. The molecule has 1 aliphatic rings. The van der Waals surface area contributed by atoms with Crippen LogP contribution in [0, 0.1) is 13.8 Å². The van der Waals surface area contributed by atoms with E-state index in [1.54, 1.807) is 0 Å². The molecule has 1 aliphatic carbocycles. The van der Waals surface area contributed by atoms with Gasteiger partial charge in [0.05, 0.1) is 5.54 Å². The molecule has 3 heteroatoms. The Morgan fingerprint density at radius 2 is 1.95 bits per heavy atom. The third kappa shape index (κ3) is 3.19. The standard InChI is InChI=1S/C16H22BrNO/c1-12-7-6-8-14(13(12)2)15(19)18-16(11-17)9-4-3-5-10-16/h6-8H,3-5,9-11H2,1-2H3,(H,18,19). The van der Waals surface area contributed by atoms with Gasteiger partial charge in [0.15, 0.2) is 0 Å². The van der Waals surface area contributed by atoms with Gasteiger partial charge in [0.2, 0.25) is 0 Å². The summed E-state index contributed by atoms with van der Waals surface area (Å²) in [5.74, 6) is 0.0718. The second kappa shape index (κ2) is 6.08. The molecule has 1 aromatic rings. The van der Waals surface area contributed by atoms with Crippen LogP contribution in [0.1, 0.15) is 53.6 Å².